The molecule has 0 fully saturated rings. The maximum atomic E-state index is 12.0. The van der Waals surface area contributed by atoms with E-state index in [4.69, 9.17) is 0 Å². The van der Waals surface area contributed by atoms with Gasteiger partial charge in [0, 0.05) is 11.4 Å². The third kappa shape index (κ3) is 4.43. The summed E-state index contributed by atoms with van der Waals surface area (Å²) in [5.41, 5.74) is 0. The lowest BCUT2D eigenvalue weighted by atomic mass is 10.4. The van der Waals surface area contributed by atoms with Gasteiger partial charge in [0.1, 0.15) is 0 Å². The summed E-state index contributed by atoms with van der Waals surface area (Å²) in [5, 5.41) is 0. The second-order valence-corrected chi connectivity index (χ2v) is 5.54. The summed E-state index contributed by atoms with van der Waals surface area (Å²) in [6, 6.07) is 3.66. The minimum absolute atomic E-state index is 0.329. The summed E-state index contributed by atoms with van der Waals surface area (Å²) in [7, 11) is 1.46. The van der Waals surface area contributed by atoms with Gasteiger partial charge in [-0.1, -0.05) is 0 Å². The second kappa shape index (κ2) is 4.63. The van der Waals surface area contributed by atoms with Crippen molar-refractivity contribution in [2.75, 3.05) is 13.6 Å². The molecule has 0 aliphatic rings. The zero-order valence-electron chi connectivity index (χ0n) is 7.44. The average Bonchev–Trinajstić information content (AvgIpc) is 2.30. The van der Waals surface area contributed by atoms with Crippen molar-refractivity contribution in [1.29, 1.82) is 0 Å². The van der Waals surface area contributed by atoms with Crippen molar-refractivity contribution in [3.8, 4) is 0 Å². The highest BCUT2D eigenvalue weighted by molar-refractivity contribution is 9.11. The summed E-state index contributed by atoms with van der Waals surface area (Å²) in [5.74, 6) is 0. The van der Waals surface area contributed by atoms with Crippen molar-refractivity contribution >= 4 is 27.3 Å². The fourth-order valence-corrected chi connectivity index (χ4v) is 2.63. The lowest BCUT2D eigenvalue weighted by Gasteiger charge is -2.17. The molecule has 0 radical (unpaired) electrons. The summed E-state index contributed by atoms with van der Waals surface area (Å²) in [6.45, 7) is -0.543. The van der Waals surface area contributed by atoms with Crippen LogP contribution in [0.1, 0.15) is 4.88 Å². The van der Waals surface area contributed by atoms with Gasteiger partial charge in [-0.15, -0.1) is 11.3 Å². The van der Waals surface area contributed by atoms with Crippen molar-refractivity contribution < 1.29 is 13.2 Å². The summed E-state index contributed by atoms with van der Waals surface area (Å²) in [4.78, 5) is 2.17. The average molecular weight is 288 g/mol. The first-order valence-electron chi connectivity index (χ1n) is 3.86. The van der Waals surface area contributed by atoms with Crippen LogP contribution >= 0.6 is 27.3 Å². The van der Waals surface area contributed by atoms with E-state index in [0.29, 0.717) is 6.54 Å². The molecule has 14 heavy (non-hydrogen) atoms. The molecule has 0 amide bonds. The van der Waals surface area contributed by atoms with Gasteiger partial charge < -0.3 is 0 Å². The van der Waals surface area contributed by atoms with Crippen LogP contribution in [0.15, 0.2) is 15.9 Å². The molecule has 0 aromatic carbocycles. The van der Waals surface area contributed by atoms with Crippen molar-refractivity contribution in [1.82, 2.24) is 4.90 Å². The summed E-state index contributed by atoms with van der Waals surface area (Å²) >= 11 is 4.71. The van der Waals surface area contributed by atoms with Crippen LogP contribution in [0.2, 0.25) is 0 Å². The Hall–Kier alpha value is -0.0700. The molecule has 0 aliphatic carbocycles. The van der Waals surface area contributed by atoms with Gasteiger partial charge in [-0.05, 0) is 35.1 Å². The van der Waals surface area contributed by atoms with E-state index in [1.165, 1.54) is 23.3 Å². The van der Waals surface area contributed by atoms with Gasteiger partial charge in [0.25, 0.3) is 0 Å². The highest BCUT2D eigenvalue weighted by Crippen LogP contribution is 2.24. The van der Waals surface area contributed by atoms with Crippen molar-refractivity contribution in [2.45, 2.75) is 12.7 Å². The van der Waals surface area contributed by atoms with Crippen LogP contribution in [0.5, 0.6) is 0 Å². The molecule has 0 saturated heterocycles. The number of nitrogens with zero attached hydrogens (tertiary/aromatic N) is 1. The van der Waals surface area contributed by atoms with Gasteiger partial charge in [-0.25, -0.2) is 0 Å². The van der Waals surface area contributed by atoms with E-state index in [-0.39, 0.29) is 0 Å². The Morgan fingerprint density at radius 3 is 2.50 bits per heavy atom. The number of halogens is 4. The summed E-state index contributed by atoms with van der Waals surface area (Å²) in [6.07, 6.45) is -4.12. The topological polar surface area (TPSA) is 3.24 Å². The standard InChI is InChI=1S/C8H9BrF3NS/c1-13(5-8(10,11)12)4-6-2-3-7(9)14-6/h2-3H,4-5H2,1H3. The number of rotatable bonds is 3. The zero-order valence-corrected chi connectivity index (χ0v) is 9.84. The highest BCUT2D eigenvalue weighted by Gasteiger charge is 2.29. The van der Waals surface area contributed by atoms with E-state index >= 15 is 0 Å². The molecule has 0 bridgehead atoms. The fourth-order valence-electron chi connectivity index (χ4n) is 1.06. The zero-order chi connectivity index (χ0) is 10.8. The van der Waals surface area contributed by atoms with Gasteiger partial charge in [0.15, 0.2) is 0 Å². The molecule has 80 valence electrons. The monoisotopic (exact) mass is 287 g/mol. The largest absolute Gasteiger partial charge is 0.401 e. The molecule has 0 saturated carbocycles. The van der Waals surface area contributed by atoms with E-state index in [9.17, 15) is 13.2 Å². The van der Waals surface area contributed by atoms with Crippen LogP contribution < -0.4 is 0 Å². The Bertz CT molecular complexity index is 297. The van der Waals surface area contributed by atoms with E-state index in [2.05, 4.69) is 15.9 Å². The van der Waals surface area contributed by atoms with Crippen LogP contribution in [-0.2, 0) is 6.54 Å². The van der Waals surface area contributed by atoms with Crippen LogP contribution in [0.4, 0.5) is 13.2 Å². The Labute approximate surface area is 92.7 Å². The lowest BCUT2D eigenvalue weighted by molar-refractivity contribution is -0.143. The molecule has 6 heteroatoms. The third-order valence-corrected chi connectivity index (χ3v) is 3.11. The molecule has 0 N–H and O–H groups in total. The van der Waals surface area contributed by atoms with Crippen LogP contribution in [0.3, 0.4) is 0 Å². The maximum Gasteiger partial charge on any atom is 0.401 e. The molecule has 0 atom stereocenters. The summed E-state index contributed by atoms with van der Waals surface area (Å²) < 4.78 is 36.8. The van der Waals surface area contributed by atoms with Gasteiger partial charge in [-0.3, -0.25) is 4.90 Å². The Balaban J connectivity index is 2.45. The van der Waals surface area contributed by atoms with Crippen LogP contribution in [0.25, 0.3) is 0 Å². The quantitative estimate of drug-likeness (QED) is 0.822. The molecule has 1 heterocycles. The van der Waals surface area contributed by atoms with E-state index in [1.54, 1.807) is 0 Å². The van der Waals surface area contributed by atoms with Gasteiger partial charge in [0.2, 0.25) is 0 Å². The molecule has 1 nitrogen and oxygen atoms in total. The van der Waals surface area contributed by atoms with Crippen LogP contribution in [0, 0.1) is 0 Å². The molecular formula is C8H9BrF3NS. The van der Waals surface area contributed by atoms with Gasteiger partial charge in [-0.2, -0.15) is 13.2 Å². The fraction of sp³-hybridized carbons (Fsp3) is 0.500. The number of hydrogen-bond acceptors (Lipinski definition) is 2. The van der Waals surface area contributed by atoms with Crippen molar-refractivity contribution in [3.63, 3.8) is 0 Å². The maximum absolute atomic E-state index is 12.0. The minimum Gasteiger partial charge on any atom is -0.293 e. The Morgan fingerprint density at radius 2 is 2.07 bits per heavy atom. The van der Waals surface area contributed by atoms with E-state index < -0.39 is 12.7 Å². The molecule has 1 aromatic heterocycles. The normalized spacial score (nSPS) is 12.4. The van der Waals surface area contributed by atoms with Crippen molar-refractivity contribution in [3.05, 3.63) is 20.8 Å². The van der Waals surface area contributed by atoms with E-state index in [0.717, 1.165) is 8.66 Å². The first kappa shape index (κ1) is 12.0. The number of thiophene rings is 1. The first-order valence-corrected chi connectivity index (χ1v) is 5.47. The van der Waals surface area contributed by atoms with Crippen LogP contribution in [-0.4, -0.2) is 24.7 Å². The second-order valence-electron chi connectivity index (χ2n) is 2.99. The molecule has 0 unspecified atom stereocenters. The van der Waals surface area contributed by atoms with E-state index in [1.807, 2.05) is 12.1 Å². The van der Waals surface area contributed by atoms with Crippen molar-refractivity contribution in [2.24, 2.45) is 0 Å². The van der Waals surface area contributed by atoms with Gasteiger partial charge in [0.05, 0.1) is 10.3 Å². The molecule has 1 aromatic rings. The number of alkyl halides is 3. The predicted molar refractivity (Wildman–Crippen MR) is 54.4 cm³/mol. The molecule has 0 spiro atoms. The smallest absolute Gasteiger partial charge is 0.293 e. The Kier molecular flexibility index (Phi) is 3.97. The van der Waals surface area contributed by atoms with Gasteiger partial charge >= 0.3 is 6.18 Å². The predicted octanol–water partition coefficient (Wildman–Crippen LogP) is 3.50. The first-order chi connectivity index (χ1) is 6.37. The highest BCUT2D eigenvalue weighted by atomic mass is 79.9. The molecule has 0 aliphatic heterocycles. The third-order valence-electron chi connectivity index (χ3n) is 1.50. The molecule has 1 rings (SSSR count). The minimum atomic E-state index is -4.12. The molecular weight excluding hydrogens is 279 g/mol. The SMILES string of the molecule is CN(Cc1ccc(Br)s1)CC(F)(F)F. The lowest BCUT2D eigenvalue weighted by Crippen LogP contribution is -2.30. The Morgan fingerprint density at radius 1 is 1.43 bits per heavy atom. The number of hydrogen-bond donors (Lipinski definition) is 0.